The number of rotatable bonds is 14. The number of hydrogen-bond acceptors (Lipinski definition) is 4. The summed E-state index contributed by atoms with van der Waals surface area (Å²) in [4.78, 5) is 51.6. The number of unbranched alkanes of at least 4 members (excludes halogenated alkanes) is 6. The van der Waals surface area contributed by atoms with Crippen molar-refractivity contribution in [1.82, 2.24) is 21.3 Å². The van der Waals surface area contributed by atoms with Crippen molar-refractivity contribution in [2.45, 2.75) is 116 Å². The molecule has 0 aromatic heterocycles. The van der Waals surface area contributed by atoms with Crippen LogP contribution in [0.15, 0.2) is 42.5 Å². The van der Waals surface area contributed by atoms with Crippen molar-refractivity contribution in [2.75, 3.05) is 6.54 Å². The Morgan fingerprint density at radius 1 is 0.975 bits per heavy atom. The summed E-state index contributed by atoms with van der Waals surface area (Å²) in [5.41, 5.74) is 0.933. The highest BCUT2D eigenvalue weighted by Gasteiger charge is 2.28. The summed E-state index contributed by atoms with van der Waals surface area (Å²) < 4.78 is 0. The van der Waals surface area contributed by atoms with Crippen LogP contribution < -0.4 is 21.3 Å². The van der Waals surface area contributed by atoms with E-state index in [0.29, 0.717) is 38.6 Å². The van der Waals surface area contributed by atoms with Crippen LogP contribution in [-0.4, -0.2) is 48.3 Å². The highest BCUT2D eigenvalue weighted by Crippen LogP contribution is 2.11. The zero-order valence-electron chi connectivity index (χ0n) is 24.7. The Bertz CT molecular complexity index is 947. The summed E-state index contributed by atoms with van der Waals surface area (Å²) in [6.07, 6.45) is 13.5. The van der Waals surface area contributed by atoms with Gasteiger partial charge < -0.3 is 21.3 Å². The van der Waals surface area contributed by atoms with E-state index in [4.69, 9.17) is 0 Å². The molecule has 222 valence electrons. The van der Waals surface area contributed by atoms with E-state index in [0.717, 1.165) is 24.8 Å². The lowest BCUT2D eigenvalue weighted by Crippen LogP contribution is -2.55. The first-order valence-corrected chi connectivity index (χ1v) is 15.2. The van der Waals surface area contributed by atoms with Crippen molar-refractivity contribution in [1.29, 1.82) is 0 Å². The minimum atomic E-state index is -0.784. The van der Waals surface area contributed by atoms with Gasteiger partial charge in [-0.15, -0.1) is 0 Å². The smallest absolute Gasteiger partial charge is 0.243 e. The molecule has 1 aromatic carbocycles. The van der Waals surface area contributed by atoms with Crippen LogP contribution in [0.2, 0.25) is 0 Å². The van der Waals surface area contributed by atoms with E-state index >= 15 is 0 Å². The van der Waals surface area contributed by atoms with Crippen molar-refractivity contribution in [3.63, 3.8) is 0 Å². The molecule has 0 fully saturated rings. The predicted octanol–water partition coefficient (Wildman–Crippen LogP) is 4.34. The topological polar surface area (TPSA) is 116 Å². The van der Waals surface area contributed by atoms with Crippen LogP contribution in [0.25, 0.3) is 0 Å². The maximum absolute atomic E-state index is 13.5. The van der Waals surface area contributed by atoms with Crippen LogP contribution in [-0.2, 0) is 25.6 Å². The average Bonchev–Trinajstić information content (AvgIpc) is 2.93. The van der Waals surface area contributed by atoms with Crippen molar-refractivity contribution >= 4 is 23.6 Å². The molecule has 4 N–H and O–H groups in total. The zero-order chi connectivity index (χ0) is 29.2. The second-order valence-electron chi connectivity index (χ2n) is 11.2. The standard InChI is InChI=1S/C32H50N4O4/c1-4-5-6-7-8-9-13-19-30(38)34-28(23-25-16-11-10-12-17-25)32(40)36-27-18-14-15-22-33-29(37)21-20-26(24(2)3)35-31(27)39/h10-12,16-17,20-21,24,26-28H,4-9,13-15,18-19,22-23H2,1-3H3,(H,33,37)(H,34,38)(H,35,39)(H,36,40)/b21-20+/t26-,27+,28+/m1/s1. The lowest BCUT2D eigenvalue weighted by molar-refractivity contribution is -0.132. The van der Waals surface area contributed by atoms with Gasteiger partial charge in [0.05, 0.1) is 0 Å². The molecule has 1 heterocycles. The maximum atomic E-state index is 13.5. The molecule has 40 heavy (non-hydrogen) atoms. The fraction of sp³-hybridized carbons (Fsp3) is 0.625. The van der Waals surface area contributed by atoms with Crippen LogP contribution >= 0.6 is 0 Å². The van der Waals surface area contributed by atoms with Gasteiger partial charge in [0.25, 0.3) is 0 Å². The van der Waals surface area contributed by atoms with Crippen LogP contribution in [0.3, 0.4) is 0 Å². The number of benzene rings is 1. The lowest BCUT2D eigenvalue weighted by Gasteiger charge is -2.26. The molecule has 0 aliphatic carbocycles. The van der Waals surface area contributed by atoms with Gasteiger partial charge in [-0.05, 0) is 37.2 Å². The molecule has 0 spiro atoms. The second kappa shape index (κ2) is 19.0. The van der Waals surface area contributed by atoms with E-state index in [2.05, 4.69) is 28.2 Å². The molecular formula is C32H50N4O4. The average molecular weight is 555 g/mol. The zero-order valence-corrected chi connectivity index (χ0v) is 24.7. The molecule has 0 saturated carbocycles. The first kappa shape index (κ1) is 33.0. The van der Waals surface area contributed by atoms with E-state index in [1.54, 1.807) is 6.08 Å². The van der Waals surface area contributed by atoms with Crippen LogP contribution in [0.5, 0.6) is 0 Å². The van der Waals surface area contributed by atoms with Crippen molar-refractivity contribution in [3.05, 3.63) is 48.0 Å². The first-order chi connectivity index (χ1) is 19.3. The summed E-state index contributed by atoms with van der Waals surface area (Å²) in [7, 11) is 0. The molecule has 4 amide bonds. The second-order valence-corrected chi connectivity index (χ2v) is 11.2. The minimum absolute atomic E-state index is 0.0593. The van der Waals surface area contributed by atoms with Gasteiger partial charge in [0.2, 0.25) is 23.6 Å². The molecule has 1 aliphatic rings. The third kappa shape index (κ3) is 13.3. The number of carbonyl (C=O) groups is 4. The van der Waals surface area contributed by atoms with Gasteiger partial charge in [-0.3, -0.25) is 19.2 Å². The Kier molecular flexibility index (Phi) is 15.7. The van der Waals surface area contributed by atoms with Gasteiger partial charge in [0, 0.05) is 31.5 Å². The molecule has 3 atom stereocenters. The Morgan fingerprint density at radius 3 is 2.38 bits per heavy atom. The Morgan fingerprint density at radius 2 is 1.68 bits per heavy atom. The normalized spacial score (nSPS) is 19.9. The fourth-order valence-electron chi connectivity index (χ4n) is 4.75. The molecule has 1 aliphatic heterocycles. The van der Waals surface area contributed by atoms with E-state index in [1.165, 1.54) is 31.8 Å². The summed E-state index contributed by atoms with van der Waals surface area (Å²) in [6, 6.07) is 7.71. The quantitative estimate of drug-likeness (QED) is 0.256. The van der Waals surface area contributed by atoms with Crippen LogP contribution in [0, 0.1) is 5.92 Å². The van der Waals surface area contributed by atoms with E-state index in [1.807, 2.05) is 44.2 Å². The van der Waals surface area contributed by atoms with E-state index in [-0.39, 0.29) is 35.6 Å². The van der Waals surface area contributed by atoms with Gasteiger partial charge in [-0.25, -0.2) is 0 Å². The monoisotopic (exact) mass is 554 g/mol. The molecular weight excluding hydrogens is 504 g/mol. The third-order valence-electron chi connectivity index (χ3n) is 7.28. The molecule has 0 saturated heterocycles. The molecule has 0 radical (unpaired) electrons. The number of hydrogen-bond donors (Lipinski definition) is 4. The van der Waals surface area contributed by atoms with Gasteiger partial charge in [-0.1, -0.05) is 95.7 Å². The number of amides is 4. The molecule has 0 unspecified atom stereocenters. The summed E-state index contributed by atoms with van der Waals surface area (Å²) >= 11 is 0. The van der Waals surface area contributed by atoms with E-state index < -0.39 is 12.1 Å². The predicted molar refractivity (Wildman–Crippen MR) is 159 cm³/mol. The van der Waals surface area contributed by atoms with Gasteiger partial charge in [0.1, 0.15) is 12.1 Å². The van der Waals surface area contributed by atoms with Gasteiger partial charge >= 0.3 is 0 Å². The molecule has 0 bridgehead atoms. The third-order valence-corrected chi connectivity index (χ3v) is 7.28. The Balaban J connectivity index is 2.06. The highest BCUT2D eigenvalue weighted by atomic mass is 16.2. The van der Waals surface area contributed by atoms with Gasteiger partial charge in [-0.2, -0.15) is 0 Å². The molecule has 8 nitrogen and oxygen atoms in total. The SMILES string of the molecule is CCCCCCCCCC(=O)N[C@@H](Cc1ccccc1)C(=O)N[C@H]1CCCCNC(=O)/C=C/[C@H](C(C)C)NC1=O. The highest BCUT2D eigenvalue weighted by molar-refractivity contribution is 5.92. The molecule has 2 rings (SSSR count). The van der Waals surface area contributed by atoms with E-state index in [9.17, 15) is 19.2 Å². The van der Waals surface area contributed by atoms with Crippen molar-refractivity contribution in [3.8, 4) is 0 Å². The maximum Gasteiger partial charge on any atom is 0.243 e. The minimum Gasteiger partial charge on any atom is -0.353 e. The van der Waals surface area contributed by atoms with Crippen LogP contribution in [0.1, 0.15) is 97.0 Å². The van der Waals surface area contributed by atoms with Crippen molar-refractivity contribution in [2.24, 2.45) is 5.92 Å². The summed E-state index contributed by atoms with van der Waals surface area (Å²) in [5.74, 6) is -0.918. The van der Waals surface area contributed by atoms with Gasteiger partial charge in [0.15, 0.2) is 0 Å². The molecule has 8 heteroatoms. The Hall–Kier alpha value is -3.16. The van der Waals surface area contributed by atoms with Crippen molar-refractivity contribution < 1.29 is 19.2 Å². The fourth-order valence-corrected chi connectivity index (χ4v) is 4.75. The first-order valence-electron chi connectivity index (χ1n) is 15.2. The number of carbonyl (C=O) groups excluding carboxylic acids is 4. The van der Waals surface area contributed by atoms with Crippen LogP contribution in [0.4, 0.5) is 0 Å². The summed E-state index contributed by atoms with van der Waals surface area (Å²) in [6.45, 7) is 6.62. The molecule has 1 aromatic rings. The number of nitrogens with one attached hydrogen (secondary N) is 4. The largest absolute Gasteiger partial charge is 0.353 e. The summed E-state index contributed by atoms with van der Waals surface area (Å²) in [5, 5.41) is 11.7. The lowest BCUT2D eigenvalue weighted by atomic mass is 10.0. The Labute approximate surface area is 240 Å².